The van der Waals surface area contributed by atoms with Crippen LogP contribution in [-0.4, -0.2) is 31.6 Å². The van der Waals surface area contributed by atoms with Crippen LogP contribution in [-0.2, 0) is 23.9 Å². The maximum atomic E-state index is 12.8. The first-order valence-electron chi connectivity index (χ1n) is 8.70. The fourth-order valence-corrected chi connectivity index (χ4v) is 3.16. The highest BCUT2D eigenvalue weighted by Gasteiger charge is 2.30. The summed E-state index contributed by atoms with van der Waals surface area (Å²) >= 11 is 0. The fraction of sp³-hybridized carbons (Fsp3) is 0.286. The number of halogens is 3. The van der Waals surface area contributed by atoms with Gasteiger partial charge in [-0.3, -0.25) is 4.79 Å². The molecule has 0 saturated carbocycles. The molecule has 0 N–H and O–H groups in total. The van der Waals surface area contributed by atoms with Crippen LogP contribution in [0.1, 0.15) is 22.3 Å². The lowest BCUT2D eigenvalue weighted by Gasteiger charge is -2.28. The SMILES string of the molecule is COc1cc2c(cc1OC)CN(C(=O)C=Cc1cccc(C(F)(F)F)c1)CC2. The van der Waals surface area contributed by atoms with E-state index in [4.69, 9.17) is 9.47 Å². The van der Waals surface area contributed by atoms with Crippen LogP contribution < -0.4 is 9.47 Å². The third kappa shape index (κ3) is 4.30. The number of hydrogen-bond acceptors (Lipinski definition) is 3. The van der Waals surface area contributed by atoms with Crippen LogP contribution in [0.15, 0.2) is 42.5 Å². The lowest BCUT2D eigenvalue weighted by atomic mass is 9.98. The summed E-state index contributed by atoms with van der Waals surface area (Å²) in [6.45, 7) is 0.926. The number of methoxy groups -OCH3 is 2. The molecular formula is C21H20F3NO3. The first-order valence-corrected chi connectivity index (χ1v) is 8.70. The molecule has 1 amide bonds. The minimum atomic E-state index is -4.41. The Morgan fingerprint density at radius 2 is 1.75 bits per heavy atom. The van der Waals surface area contributed by atoms with Crippen molar-refractivity contribution < 1.29 is 27.4 Å². The van der Waals surface area contributed by atoms with E-state index in [0.717, 1.165) is 23.3 Å². The van der Waals surface area contributed by atoms with Gasteiger partial charge in [-0.25, -0.2) is 0 Å². The summed E-state index contributed by atoms with van der Waals surface area (Å²) in [4.78, 5) is 14.2. The van der Waals surface area contributed by atoms with Gasteiger partial charge in [0.15, 0.2) is 11.5 Å². The van der Waals surface area contributed by atoms with E-state index >= 15 is 0 Å². The summed E-state index contributed by atoms with van der Waals surface area (Å²) in [5.41, 5.74) is 1.63. The molecule has 0 saturated heterocycles. The number of amides is 1. The number of fused-ring (bicyclic) bond motifs is 1. The fourth-order valence-electron chi connectivity index (χ4n) is 3.16. The van der Waals surface area contributed by atoms with Crippen molar-refractivity contribution in [2.45, 2.75) is 19.1 Å². The van der Waals surface area contributed by atoms with Crippen LogP contribution in [0.5, 0.6) is 11.5 Å². The maximum absolute atomic E-state index is 12.8. The van der Waals surface area contributed by atoms with E-state index in [1.807, 2.05) is 12.1 Å². The molecule has 0 aromatic heterocycles. The van der Waals surface area contributed by atoms with Crippen molar-refractivity contribution in [2.24, 2.45) is 0 Å². The summed E-state index contributed by atoms with van der Waals surface area (Å²) in [5, 5.41) is 0. The predicted molar refractivity (Wildman–Crippen MR) is 99.1 cm³/mol. The Hall–Kier alpha value is -2.96. The average Bonchev–Trinajstić information content (AvgIpc) is 2.70. The van der Waals surface area contributed by atoms with Crippen LogP contribution in [0.3, 0.4) is 0 Å². The van der Waals surface area contributed by atoms with Crippen molar-refractivity contribution in [1.82, 2.24) is 4.90 Å². The van der Waals surface area contributed by atoms with Gasteiger partial charge in [-0.05, 0) is 53.5 Å². The first-order chi connectivity index (χ1) is 13.3. The second kappa shape index (κ2) is 7.96. The number of carbonyl (C=O) groups is 1. The molecule has 0 unspecified atom stereocenters. The highest BCUT2D eigenvalue weighted by Crippen LogP contribution is 2.33. The zero-order valence-corrected chi connectivity index (χ0v) is 15.5. The lowest BCUT2D eigenvalue weighted by Crippen LogP contribution is -2.34. The van der Waals surface area contributed by atoms with E-state index in [-0.39, 0.29) is 5.91 Å². The standard InChI is InChI=1S/C21H20F3NO3/c1-27-18-11-15-8-9-25(13-16(15)12-19(18)28-2)20(26)7-6-14-4-3-5-17(10-14)21(22,23)24/h3-7,10-12H,8-9,13H2,1-2H3. The van der Waals surface area contributed by atoms with Crippen LogP contribution in [0, 0.1) is 0 Å². The van der Waals surface area contributed by atoms with Gasteiger partial charge in [-0.1, -0.05) is 12.1 Å². The minimum absolute atomic E-state index is 0.252. The number of benzene rings is 2. The van der Waals surface area contributed by atoms with Crippen molar-refractivity contribution in [3.63, 3.8) is 0 Å². The molecule has 1 aliphatic heterocycles. The molecule has 2 aromatic rings. The van der Waals surface area contributed by atoms with Crippen molar-refractivity contribution in [3.8, 4) is 11.5 Å². The Morgan fingerprint density at radius 3 is 2.39 bits per heavy atom. The summed E-state index contributed by atoms with van der Waals surface area (Å²) in [6.07, 6.45) is -1.04. The Kier molecular flexibility index (Phi) is 5.63. The molecule has 3 rings (SSSR count). The molecule has 0 atom stereocenters. The second-order valence-electron chi connectivity index (χ2n) is 6.44. The van der Waals surface area contributed by atoms with Crippen LogP contribution in [0.2, 0.25) is 0 Å². The van der Waals surface area contributed by atoms with E-state index in [0.29, 0.717) is 36.6 Å². The van der Waals surface area contributed by atoms with Gasteiger partial charge in [-0.2, -0.15) is 13.2 Å². The molecule has 1 aliphatic rings. The molecule has 0 fully saturated rings. The number of rotatable bonds is 4. The summed E-state index contributed by atoms with van der Waals surface area (Å²) in [6, 6.07) is 8.64. The molecule has 0 spiro atoms. The normalized spacial score (nSPS) is 14.1. The number of nitrogens with zero attached hydrogens (tertiary/aromatic N) is 1. The van der Waals surface area contributed by atoms with E-state index < -0.39 is 11.7 Å². The first kappa shape index (κ1) is 19.8. The van der Waals surface area contributed by atoms with Crippen LogP contribution in [0.25, 0.3) is 6.08 Å². The summed E-state index contributed by atoms with van der Waals surface area (Å²) in [7, 11) is 3.12. The third-order valence-electron chi connectivity index (χ3n) is 4.66. The topological polar surface area (TPSA) is 38.8 Å². The van der Waals surface area contributed by atoms with Crippen molar-refractivity contribution >= 4 is 12.0 Å². The molecule has 4 nitrogen and oxygen atoms in total. The van der Waals surface area contributed by atoms with Crippen molar-refractivity contribution in [1.29, 1.82) is 0 Å². The van der Waals surface area contributed by atoms with Gasteiger partial charge in [0.2, 0.25) is 5.91 Å². The molecule has 0 aliphatic carbocycles. The monoisotopic (exact) mass is 391 g/mol. The van der Waals surface area contributed by atoms with Gasteiger partial charge in [0.05, 0.1) is 19.8 Å². The van der Waals surface area contributed by atoms with Gasteiger partial charge in [0.25, 0.3) is 0 Å². The maximum Gasteiger partial charge on any atom is 0.416 e. The van der Waals surface area contributed by atoms with Gasteiger partial charge in [0, 0.05) is 19.2 Å². The number of ether oxygens (including phenoxy) is 2. The molecule has 7 heteroatoms. The van der Waals surface area contributed by atoms with Crippen molar-refractivity contribution in [2.75, 3.05) is 20.8 Å². The van der Waals surface area contributed by atoms with Gasteiger partial charge in [-0.15, -0.1) is 0 Å². The molecular weight excluding hydrogens is 371 g/mol. The van der Waals surface area contributed by atoms with E-state index in [9.17, 15) is 18.0 Å². The van der Waals surface area contributed by atoms with E-state index in [1.54, 1.807) is 19.1 Å². The van der Waals surface area contributed by atoms with E-state index in [1.165, 1.54) is 24.3 Å². The molecule has 1 heterocycles. The minimum Gasteiger partial charge on any atom is -0.493 e. The quantitative estimate of drug-likeness (QED) is 0.729. The molecule has 28 heavy (non-hydrogen) atoms. The smallest absolute Gasteiger partial charge is 0.416 e. The Balaban J connectivity index is 1.74. The highest BCUT2D eigenvalue weighted by molar-refractivity contribution is 5.92. The highest BCUT2D eigenvalue weighted by atomic mass is 19.4. The van der Waals surface area contributed by atoms with Crippen LogP contribution >= 0.6 is 0 Å². The molecule has 0 bridgehead atoms. The second-order valence-corrected chi connectivity index (χ2v) is 6.44. The third-order valence-corrected chi connectivity index (χ3v) is 4.66. The van der Waals surface area contributed by atoms with Gasteiger partial charge >= 0.3 is 6.18 Å². The van der Waals surface area contributed by atoms with E-state index in [2.05, 4.69) is 0 Å². The average molecular weight is 391 g/mol. The van der Waals surface area contributed by atoms with Gasteiger partial charge < -0.3 is 14.4 Å². The molecule has 148 valence electrons. The number of carbonyl (C=O) groups excluding carboxylic acids is 1. The molecule has 0 radical (unpaired) electrons. The Morgan fingerprint density at radius 1 is 1.07 bits per heavy atom. The number of alkyl halides is 3. The Labute approximate surface area is 161 Å². The number of hydrogen-bond donors (Lipinski definition) is 0. The van der Waals surface area contributed by atoms with Gasteiger partial charge in [0.1, 0.15) is 0 Å². The largest absolute Gasteiger partial charge is 0.493 e. The predicted octanol–water partition coefficient (Wildman–Crippen LogP) is 4.32. The summed E-state index contributed by atoms with van der Waals surface area (Å²) in [5.74, 6) is 0.985. The Bertz CT molecular complexity index is 906. The molecule has 2 aromatic carbocycles. The summed E-state index contributed by atoms with van der Waals surface area (Å²) < 4.78 is 49.0. The zero-order valence-electron chi connectivity index (χ0n) is 15.5. The van der Waals surface area contributed by atoms with Crippen LogP contribution in [0.4, 0.5) is 13.2 Å². The zero-order chi connectivity index (χ0) is 20.3. The van der Waals surface area contributed by atoms with Crippen molar-refractivity contribution in [3.05, 3.63) is 64.7 Å². The lowest BCUT2D eigenvalue weighted by molar-refractivity contribution is -0.137.